The third-order valence-electron chi connectivity index (χ3n) is 3.78. The maximum absolute atomic E-state index is 13.9. The van der Waals surface area contributed by atoms with E-state index in [1.54, 1.807) is 18.3 Å². The Labute approximate surface area is 118 Å². The number of aromatic nitrogens is 2. The molecule has 0 saturated heterocycles. The number of fused-ring (bicyclic) bond motifs is 5. The molecule has 5 heteroatoms. The fraction of sp³-hybridized carbons (Fsp3) is 0.125. The zero-order valence-electron chi connectivity index (χ0n) is 11.2. The standard InChI is InChI=1S/C16H11FN2O2/c1-2-8-6-10-12(7-11(8)17)19-14-13(10)9-4-3-5-18-15(9)21-16(14)20/h3-7,19H,2H2,1H3. The predicted octanol–water partition coefficient (Wildman–Crippen LogP) is 3.52. The van der Waals surface area contributed by atoms with Gasteiger partial charge in [-0.25, -0.2) is 14.2 Å². The number of benzene rings is 1. The van der Waals surface area contributed by atoms with Crippen LogP contribution in [-0.4, -0.2) is 9.97 Å². The molecule has 0 bridgehead atoms. The molecule has 4 aromatic rings. The van der Waals surface area contributed by atoms with Gasteiger partial charge < -0.3 is 9.40 Å². The maximum atomic E-state index is 13.9. The normalized spacial score (nSPS) is 11.7. The van der Waals surface area contributed by atoms with Crippen LogP contribution in [0.4, 0.5) is 4.39 Å². The molecule has 4 nitrogen and oxygen atoms in total. The molecule has 0 fully saturated rings. The fourth-order valence-corrected chi connectivity index (χ4v) is 2.77. The summed E-state index contributed by atoms with van der Waals surface area (Å²) in [4.78, 5) is 19.1. The number of nitrogens with zero attached hydrogens (tertiary/aromatic N) is 1. The highest BCUT2D eigenvalue weighted by molar-refractivity contribution is 6.18. The van der Waals surface area contributed by atoms with Crippen molar-refractivity contribution in [3.8, 4) is 0 Å². The highest BCUT2D eigenvalue weighted by Crippen LogP contribution is 2.31. The molecule has 0 amide bonds. The molecule has 1 N–H and O–H groups in total. The molecule has 0 aliphatic rings. The van der Waals surface area contributed by atoms with E-state index in [2.05, 4.69) is 9.97 Å². The first-order chi connectivity index (χ1) is 10.2. The Hall–Kier alpha value is -2.69. The van der Waals surface area contributed by atoms with E-state index in [-0.39, 0.29) is 5.82 Å². The summed E-state index contributed by atoms with van der Waals surface area (Å²) in [5, 5.41) is 2.29. The SMILES string of the molecule is CCc1cc2c(cc1F)[nH]c1c(=O)oc3ncccc3c12. The van der Waals surface area contributed by atoms with Crippen LogP contribution >= 0.6 is 0 Å². The van der Waals surface area contributed by atoms with Crippen molar-refractivity contribution >= 4 is 32.9 Å². The van der Waals surface area contributed by atoms with Gasteiger partial charge in [0.1, 0.15) is 11.3 Å². The molecule has 0 unspecified atom stereocenters. The average Bonchev–Trinajstić information content (AvgIpc) is 2.85. The summed E-state index contributed by atoms with van der Waals surface area (Å²) in [6.07, 6.45) is 2.16. The van der Waals surface area contributed by atoms with E-state index in [9.17, 15) is 9.18 Å². The van der Waals surface area contributed by atoms with Gasteiger partial charge in [-0.05, 0) is 36.2 Å². The van der Waals surface area contributed by atoms with Crippen molar-refractivity contribution in [1.29, 1.82) is 0 Å². The van der Waals surface area contributed by atoms with E-state index in [1.807, 2.05) is 13.0 Å². The van der Waals surface area contributed by atoms with E-state index in [4.69, 9.17) is 4.42 Å². The first-order valence-electron chi connectivity index (χ1n) is 6.70. The minimum absolute atomic E-state index is 0.275. The Bertz CT molecular complexity index is 1060. The first kappa shape index (κ1) is 12.1. The molecular formula is C16H11FN2O2. The zero-order chi connectivity index (χ0) is 14.6. The fourth-order valence-electron chi connectivity index (χ4n) is 2.77. The van der Waals surface area contributed by atoms with Gasteiger partial charge >= 0.3 is 5.63 Å². The van der Waals surface area contributed by atoms with Gasteiger partial charge in [-0.2, -0.15) is 0 Å². The Morgan fingerprint density at radius 3 is 3.00 bits per heavy atom. The van der Waals surface area contributed by atoms with Crippen molar-refractivity contribution in [3.05, 3.63) is 52.3 Å². The molecule has 3 aromatic heterocycles. The van der Waals surface area contributed by atoms with Crippen LogP contribution in [0.15, 0.2) is 39.7 Å². The highest BCUT2D eigenvalue weighted by atomic mass is 19.1. The van der Waals surface area contributed by atoms with Crippen LogP contribution in [0.1, 0.15) is 12.5 Å². The lowest BCUT2D eigenvalue weighted by molar-refractivity contribution is 0.557. The van der Waals surface area contributed by atoms with E-state index in [1.165, 1.54) is 6.07 Å². The number of hydrogen-bond donors (Lipinski definition) is 1. The smallest absolute Gasteiger partial charge is 0.362 e. The van der Waals surface area contributed by atoms with Crippen molar-refractivity contribution in [3.63, 3.8) is 0 Å². The molecule has 0 aliphatic heterocycles. The van der Waals surface area contributed by atoms with E-state index < -0.39 is 5.63 Å². The first-order valence-corrected chi connectivity index (χ1v) is 6.70. The van der Waals surface area contributed by atoms with Crippen molar-refractivity contribution in [2.45, 2.75) is 13.3 Å². The number of pyridine rings is 1. The van der Waals surface area contributed by atoms with Crippen LogP contribution in [0.3, 0.4) is 0 Å². The maximum Gasteiger partial charge on any atom is 0.362 e. The van der Waals surface area contributed by atoms with Gasteiger partial charge in [-0.3, -0.25) is 0 Å². The Morgan fingerprint density at radius 1 is 1.33 bits per heavy atom. The zero-order valence-corrected chi connectivity index (χ0v) is 11.2. The Balaban J connectivity index is 2.33. The summed E-state index contributed by atoms with van der Waals surface area (Å²) in [5.74, 6) is -0.275. The number of rotatable bonds is 1. The second-order valence-electron chi connectivity index (χ2n) is 4.96. The number of aromatic amines is 1. The number of nitrogens with one attached hydrogen (secondary N) is 1. The lowest BCUT2D eigenvalue weighted by atomic mass is 10.1. The predicted molar refractivity (Wildman–Crippen MR) is 79.0 cm³/mol. The summed E-state index contributed by atoms with van der Waals surface area (Å²) in [6, 6.07) is 6.84. The number of H-pyrrole nitrogens is 1. The van der Waals surface area contributed by atoms with Gasteiger partial charge in [0.2, 0.25) is 5.71 Å². The van der Waals surface area contributed by atoms with Gasteiger partial charge in [0.05, 0.1) is 0 Å². The monoisotopic (exact) mass is 282 g/mol. The molecule has 3 heterocycles. The molecule has 0 aliphatic carbocycles. The minimum atomic E-state index is -0.495. The van der Waals surface area contributed by atoms with Gasteiger partial charge in [0.15, 0.2) is 0 Å². The third kappa shape index (κ3) is 1.60. The second kappa shape index (κ2) is 4.15. The molecule has 21 heavy (non-hydrogen) atoms. The number of hydrogen-bond acceptors (Lipinski definition) is 3. The molecule has 104 valence electrons. The summed E-state index contributed by atoms with van der Waals surface area (Å²) in [6.45, 7) is 1.90. The summed E-state index contributed by atoms with van der Waals surface area (Å²) in [5.41, 5.74) is 1.35. The average molecular weight is 282 g/mol. The quantitative estimate of drug-likeness (QED) is 0.581. The van der Waals surface area contributed by atoms with Crippen LogP contribution in [0.5, 0.6) is 0 Å². The van der Waals surface area contributed by atoms with Gasteiger partial charge in [-0.1, -0.05) is 6.92 Å². The van der Waals surface area contributed by atoms with Gasteiger partial charge in [0, 0.05) is 27.9 Å². The highest BCUT2D eigenvalue weighted by Gasteiger charge is 2.15. The van der Waals surface area contributed by atoms with E-state index in [0.29, 0.717) is 28.7 Å². The largest absolute Gasteiger partial charge is 0.402 e. The van der Waals surface area contributed by atoms with E-state index >= 15 is 0 Å². The second-order valence-corrected chi connectivity index (χ2v) is 4.96. The number of aryl methyl sites for hydroxylation is 1. The summed E-state index contributed by atoms with van der Waals surface area (Å²) >= 11 is 0. The lowest BCUT2D eigenvalue weighted by Gasteiger charge is -2.01. The van der Waals surface area contributed by atoms with Crippen LogP contribution in [0, 0.1) is 5.82 Å². The van der Waals surface area contributed by atoms with E-state index in [0.717, 1.165) is 16.2 Å². The Morgan fingerprint density at radius 2 is 2.19 bits per heavy atom. The lowest BCUT2D eigenvalue weighted by Crippen LogP contribution is -1.99. The minimum Gasteiger partial charge on any atom is -0.402 e. The molecular weight excluding hydrogens is 271 g/mol. The van der Waals surface area contributed by atoms with Crippen LogP contribution in [-0.2, 0) is 6.42 Å². The van der Waals surface area contributed by atoms with Gasteiger partial charge in [0.25, 0.3) is 0 Å². The Kier molecular flexibility index (Phi) is 2.39. The molecule has 0 atom stereocenters. The van der Waals surface area contributed by atoms with Crippen LogP contribution < -0.4 is 5.63 Å². The third-order valence-corrected chi connectivity index (χ3v) is 3.78. The molecule has 1 aromatic carbocycles. The molecule has 4 rings (SSSR count). The van der Waals surface area contributed by atoms with Crippen molar-refractivity contribution in [2.75, 3.05) is 0 Å². The topological polar surface area (TPSA) is 58.9 Å². The number of halogens is 1. The summed E-state index contributed by atoms with van der Waals surface area (Å²) in [7, 11) is 0. The van der Waals surface area contributed by atoms with Crippen LogP contribution in [0.2, 0.25) is 0 Å². The molecule has 0 saturated carbocycles. The van der Waals surface area contributed by atoms with Crippen LogP contribution in [0.25, 0.3) is 32.9 Å². The van der Waals surface area contributed by atoms with Gasteiger partial charge in [-0.15, -0.1) is 0 Å². The molecule has 0 radical (unpaired) electrons. The summed E-state index contributed by atoms with van der Waals surface area (Å²) < 4.78 is 19.1. The van der Waals surface area contributed by atoms with Crippen molar-refractivity contribution < 1.29 is 8.81 Å². The van der Waals surface area contributed by atoms with Crippen molar-refractivity contribution in [2.24, 2.45) is 0 Å². The van der Waals surface area contributed by atoms with Crippen molar-refractivity contribution in [1.82, 2.24) is 9.97 Å². The molecule has 0 spiro atoms.